The molecule has 0 amide bonds. The Kier molecular flexibility index (Phi) is 1.60. The van der Waals surface area contributed by atoms with Crippen molar-refractivity contribution in [1.29, 1.82) is 0 Å². The molecule has 0 aliphatic heterocycles. The average Bonchev–Trinajstić information content (AvgIpc) is 1.82. The Bertz CT molecular complexity index is 136. The predicted octanol–water partition coefficient (Wildman–Crippen LogP) is 2.83. The maximum atomic E-state index is 5.71. The van der Waals surface area contributed by atoms with Crippen LogP contribution in [-0.2, 0) is 0 Å². The van der Waals surface area contributed by atoms with E-state index in [0.717, 1.165) is 12.3 Å². The van der Waals surface area contributed by atoms with Crippen LogP contribution in [0.2, 0.25) is 0 Å². The lowest BCUT2D eigenvalue weighted by Gasteiger charge is -2.46. The summed E-state index contributed by atoms with van der Waals surface area (Å²) < 4.78 is 0. The lowest BCUT2D eigenvalue weighted by molar-refractivity contribution is 0.192. The summed E-state index contributed by atoms with van der Waals surface area (Å²) in [5, 5.41) is 0. The molecule has 1 unspecified atom stereocenters. The molecule has 0 aromatic heterocycles. The first-order chi connectivity index (χ1) is 4.09. The van der Waals surface area contributed by atoms with Gasteiger partial charge in [-0.25, -0.2) is 0 Å². The van der Waals surface area contributed by atoms with Gasteiger partial charge in [-0.1, -0.05) is 26.0 Å². The van der Waals surface area contributed by atoms with Crippen molar-refractivity contribution < 1.29 is 0 Å². The van der Waals surface area contributed by atoms with Crippen molar-refractivity contribution in [2.75, 3.05) is 5.88 Å². The minimum absolute atomic E-state index is 0.321. The number of allylic oxidation sites excluding steroid dienone is 1. The topological polar surface area (TPSA) is 0 Å². The van der Waals surface area contributed by atoms with Gasteiger partial charge in [-0.05, 0) is 17.8 Å². The Labute approximate surface area is 61.9 Å². The van der Waals surface area contributed by atoms with Crippen LogP contribution < -0.4 is 0 Å². The van der Waals surface area contributed by atoms with Crippen LogP contribution in [-0.4, -0.2) is 5.88 Å². The van der Waals surface area contributed by atoms with E-state index in [2.05, 4.69) is 20.4 Å². The van der Waals surface area contributed by atoms with Gasteiger partial charge in [0.2, 0.25) is 0 Å². The van der Waals surface area contributed by atoms with Gasteiger partial charge in [0.25, 0.3) is 0 Å². The molecule has 1 atom stereocenters. The van der Waals surface area contributed by atoms with Gasteiger partial charge in [-0.2, -0.15) is 0 Å². The zero-order valence-electron chi connectivity index (χ0n) is 6.08. The van der Waals surface area contributed by atoms with Crippen LogP contribution in [0.25, 0.3) is 0 Å². The molecule has 0 aromatic carbocycles. The van der Waals surface area contributed by atoms with Crippen molar-refractivity contribution in [3.05, 3.63) is 12.2 Å². The van der Waals surface area contributed by atoms with Crippen LogP contribution in [0.4, 0.5) is 0 Å². The molecule has 0 N–H and O–H groups in total. The number of halogens is 1. The monoisotopic (exact) mass is 144 g/mol. The third-order valence-electron chi connectivity index (χ3n) is 2.61. The smallest absolute Gasteiger partial charge is 0.0263 e. The molecule has 0 saturated heterocycles. The summed E-state index contributed by atoms with van der Waals surface area (Å²) in [7, 11) is 0. The maximum Gasteiger partial charge on any atom is 0.0263 e. The van der Waals surface area contributed by atoms with Gasteiger partial charge in [0.1, 0.15) is 0 Å². The van der Waals surface area contributed by atoms with Crippen LogP contribution >= 0.6 is 11.6 Å². The highest BCUT2D eigenvalue weighted by molar-refractivity contribution is 6.18. The van der Waals surface area contributed by atoms with E-state index in [-0.39, 0.29) is 0 Å². The Hall–Kier alpha value is 0.0300. The molecular weight excluding hydrogens is 132 g/mol. The van der Waals surface area contributed by atoms with Gasteiger partial charge in [0.05, 0.1) is 0 Å². The summed E-state index contributed by atoms with van der Waals surface area (Å²) in [5.74, 6) is 1.46. The van der Waals surface area contributed by atoms with Crippen LogP contribution in [0.5, 0.6) is 0 Å². The van der Waals surface area contributed by atoms with Crippen molar-refractivity contribution in [1.82, 2.24) is 0 Å². The second kappa shape index (κ2) is 2.02. The van der Waals surface area contributed by atoms with Crippen molar-refractivity contribution in [2.24, 2.45) is 11.3 Å². The maximum absolute atomic E-state index is 5.71. The van der Waals surface area contributed by atoms with E-state index < -0.39 is 0 Å². The molecule has 1 rings (SSSR count). The minimum Gasteiger partial charge on any atom is -0.126 e. The Morgan fingerprint density at radius 1 is 1.78 bits per heavy atom. The van der Waals surface area contributed by atoms with Crippen LogP contribution in [0.3, 0.4) is 0 Å². The fraction of sp³-hybridized carbons (Fsp3) is 0.750. The quantitative estimate of drug-likeness (QED) is 0.392. The van der Waals surface area contributed by atoms with Crippen LogP contribution in [0.15, 0.2) is 12.2 Å². The largest absolute Gasteiger partial charge is 0.126 e. The summed E-state index contributed by atoms with van der Waals surface area (Å²) in [5.41, 5.74) is 1.68. The zero-order valence-corrected chi connectivity index (χ0v) is 6.83. The first-order valence-corrected chi connectivity index (χ1v) is 3.86. The molecule has 1 fully saturated rings. The number of rotatable bonds is 1. The highest BCUT2D eigenvalue weighted by Gasteiger charge is 2.40. The van der Waals surface area contributed by atoms with Crippen molar-refractivity contribution >= 4 is 11.6 Å². The third kappa shape index (κ3) is 0.898. The number of hydrogen-bond donors (Lipinski definition) is 0. The summed E-state index contributed by atoms with van der Waals surface area (Å²) >= 11 is 5.71. The van der Waals surface area contributed by atoms with Crippen molar-refractivity contribution in [3.63, 3.8) is 0 Å². The van der Waals surface area contributed by atoms with E-state index in [1.54, 1.807) is 0 Å². The molecule has 9 heavy (non-hydrogen) atoms. The van der Waals surface area contributed by atoms with E-state index in [4.69, 9.17) is 11.6 Å². The molecule has 0 radical (unpaired) electrons. The van der Waals surface area contributed by atoms with Crippen LogP contribution in [0, 0.1) is 11.3 Å². The standard InChI is InChI=1S/C8H13Cl/c1-6-4-7(5-9)8(6,2)3/h7H,1,4-5H2,2-3H3. The van der Waals surface area contributed by atoms with Gasteiger partial charge in [-0.15, -0.1) is 11.6 Å². The van der Waals surface area contributed by atoms with Gasteiger partial charge in [0.15, 0.2) is 0 Å². The lowest BCUT2D eigenvalue weighted by Crippen LogP contribution is -2.38. The molecule has 0 bridgehead atoms. The highest BCUT2D eigenvalue weighted by Crippen LogP contribution is 2.50. The van der Waals surface area contributed by atoms with E-state index in [0.29, 0.717) is 11.3 Å². The summed E-state index contributed by atoms with van der Waals surface area (Å²) in [6.07, 6.45) is 1.14. The zero-order chi connectivity index (χ0) is 7.07. The number of hydrogen-bond acceptors (Lipinski definition) is 0. The molecule has 1 heteroatoms. The van der Waals surface area contributed by atoms with Crippen molar-refractivity contribution in [2.45, 2.75) is 20.3 Å². The fourth-order valence-corrected chi connectivity index (χ4v) is 1.72. The molecule has 52 valence electrons. The summed E-state index contributed by atoms with van der Waals surface area (Å²) in [6, 6.07) is 0. The molecule has 0 aromatic rings. The van der Waals surface area contributed by atoms with E-state index in [1.165, 1.54) is 5.57 Å². The van der Waals surface area contributed by atoms with E-state index >= 15 is 0 Å². The molecular formula is C8H13Cl. The lowest BCUT2D eigenvalue weighted by atomic mass is 9.60. The van der Waals surface area contributed by atoms with Gasteiger partial charge >= 0.3 is 0 Å². The highest BCUT2D eigenvalue weighted by atomic mass is 35.5. The van der Waals surface area contributed by atoms with Crippen molar-refractivity contribution in [3.8, 4) is 0 Å². The number of alkyl halides is 1. The molecule has 0 heterocycles. The first-order valence-electron chi connectivity index (χ1n) is 3.33. The first kappa shape index (κ1) is 7.14. The molecule has 0 spiro atoms. The average molecular weight is 145 g/mol. The Morgan fingerprint density at radius 2 is 2.33 bits per heavy atom. The second-order valence-corrected chi connectivity index (χ2v) is 3.69. The molecule has 1 aliphatic carbocycles. The molecule has 1 aliphatic rings. The van der Waals surface area contributed by atoms with Crippen LogP contribution in [0.1, 0.15) is 20.3 Å². The molecule has 1 saturated carbocycles. The minimum atomic E-state index is 0.321. The fourth-order valence-electron chi connectivity index (χ4n) is 1.22. The predicted molar refractivity (Wildman–Crippen MR) is 41.7 cm³/mol. The van der Waals surface area contributed by atoms with Gasteiger partial charge < -0.3 is 0 Å². The Morgan fingerprint density at radius 3 is 2.44 bits per heavy atom. The van der Waals surface area contributed by atoms with E-state index in [1.807, 2.05) is 0 Å². The van der Waals surface area contributed by atoms with E-state index in [9.17, 15) is 0 Å². The molecule has 0 nitrogen and oxygen atoms in total. The summed E-state index contributed by atoms with van der Waals surface area (Å²) in [6.45, 7) is 8.38. The summed E-state index contributed by atoms with van der Waals surface area (Å²) in [4.78, 5) is 0. The van der Waals surface area contributed by atoms with Gasteiger partial charge in [0, 0.05) is 5.88 Å². The second-order valence-electron chi connectivity index (χ2n) is 3.38. The van der Waals surface area contributed by atoms with Gasteiger partial charge in [-0.3, -0.25) is 0 Å². The normalized spacial score (nSPS) is 31.9. The SMILES string of the molecule is C=C1CC(CCl)C1(C)C. The third-order valence-corrected chi connectivity index (χ3v) is 2.98. The Balaban J connectivity index is 2.58.